The van der Waals surface area contributed by atoms with Crippen LogP contribution >= 0.6 is 0 Å². The second-order valence-corrected chi connectivity index (χ2v) is 10.1. The summed E-state index contributed by atoms with van der Waals surface area (Å²) >= 11 is 0. The number of piperidine rings is 1. The van der Waals surface area contributed by atoms with Crippen LogP contribution in [0, 0.1) is 5.92 Å². The lowest BCUT2D eigenvalue weighted by Gasteiger charge is -2.30. The van der Waals surface area contributed by atoms with Gasteiger partial charge in [0.25, 0.3) is 0 Å². The molecule has 5 heteroatoms. The zero-order valence-electron chi connectivity index (χ0n) is 19.5. The summed E-state index contributed by atoms with van der Waals surface area (Å²) in [5, 5.41) is 10.8. The average molecular weight is 416 g/mol. The van der Waals surface area contributed by atoms with E-state index >= 15 is 0 Å². The summed E-state index contributed by atoms with van der Waals surface area (Å²) in [6.45, 7) is 15.7. The van der Waals surface area contributed by atoms with Crippen LogP contribution in [0.15, 0.2) is 18.2 Å². The Morgan fingerprint density at radius 3 is 2.00 bits per heavy atom. The maximum absolute atomic E-state index is 12.7. The van der Waals surface area contributed by atoms with Crippen molar-refractivity contribution < 1.29 is 19.4 Å². The minimum absolute atomic E-state index is 0.0556. The molecule has 166 valence electrons. The number of hydrogen-bond acceptors (Lipinski definition) is 4. The molecular formula is C25H37NO4. The van der Waals surface area contributed by atoms with E-state index in [-0.39, 0.29) is 28.6 Å². The van der Waals surface area contributed by atoms with Gasteiger partial charge in [-0.25, -0.2) is 0 Å². The van der Waals surface area contributed by atoms with Gasteiger partial charge in [-0.2, -0.15) is 0 Å². The summed E-state index contributed by atoms with van der Waals surface area (Å²) in [6.07, 6.45) is 4.69. The molecule has 0 spiro atoms. The Morgan fingerprint density at radius 1 is 1.07 bits per heavy atom. The molecule has 1 aliphatic rings. The number of esters is 1. The van der Waals surface area contributed by atoms with Crippen LogP contribution in [0.5, 0.6) is 5.75 Å². The smallest absolute Gasteiger partial charge is 0.309 e. The van der Waals surface area contributed by atoms with Crippen LogP contribution in [0.3, 0.4) is 0 Å². The molecule has 0 atom stereocenters. The minimum Gasteiger partial charge on any atom is -0.507 e. The monoisotopic (exact) mass is 415 g/mol. The Labute approximate surface area is 181 Å². The zero-order chi connectivity index (χ0) is 22.7. The molecule has 1 aliphatic heterocycles. The molecule has 5 nitrogen and oxygen atoms in total. The number of phenolic OH excluding ortho intramolecular Hbond substituents is 1. The first-order chi connectivity index (χ1) is 13.8. The van der Waals surface area contributed by atoms with Crippen LogP contribution in [0.1, 0.15) is 78.0 Å². The summed E-state index contributed by atoms with van der Waals surface area (Å²) in [4.78, 5) is 26.3. The van der Waals surface area contributed by atoms with Crippen molar-refractivity contribution in [3.05, 3.63) is 34.9 Å². The van der Waals surface area contributed by atoms with Crippen molar-refractivity contribution in [2.75, 3.05) is 19.7 Å². The second kappa shape index (κ2) is 9.23. The van der Waals surface area contributed by atoms with Crippen LogP contribution in [0.4, 0.5) is 0 Å². The highest BCUT2D eigenvalue weighted by Gasteiger charge is 2.28. The number of carbonyl (C=O) groups excluding carboxylic acids is 2. The lowest BCUT2D eigenvalue weighted by atomic mass is 9.78. The van der Waals surface area contributed by atoms with E-state index in [4.69, 9.17) is 4.74 Å². The number of aromatic hydroxyl groups is 1. The van der Waals surface area contributed by atoms with Gasteiger partial charge in [0.1, 0.15) is 5.75 Å². The van der Waals surface area contributed by atoms with Gasteiger partial charge in [-0.05, 0) is 54.4 Å². The number of amides is 1. The molecule has 30 heavy (non-hydrogen) atoms. The SMILES string of the molecule is CCOC(=O)C1CCN(C(=O)/C=C/c2cc(C(C)(C)C)c(O)c(C(C)(C)C)c2)CC1. The molecule has 2 rings (SSSR count). The Kier molecular flexibility index (Phi) is 7.38. The fraction of sp³-hybridized carbons (Fsp3) is 0.600. The molecule has 1 N–H and O–H groups in total. The number of likely N-dealkylation sites (tertiary alicyclic amines) is 1. The van der Waals surface area contributed by atoms with Crippen molar-refractivity contribution in [1.29, 1.82) is 0 Å². The molecule has 0 radical (unpaired) electrons. The van der Waals surface area contributed by atoms with Crippen LogP contribution in [-0.2, 0) is 25.2 Å². The third kappa shape index (κ3) is 5.87. The Balaban J connectivity index is 2.18. The Hall–Kier alpha value is -2.30. The number of benzene rings is 1. The molecular weight excluding hydrogens is 378 g/mol. The van der Waals surface area contributed by atoms with E-state index in [1.807, 2.05) is 18.2 Å². The molecule has 1 aromatic carbocycles. The third-order valence-corrected chi connectivity index (χ3v) is 5.59. The van der Waals surface area contributed by atoms with Gasteiger partial charge in [-0.15, -0.1) is 0 Å². The highest BCUT2D eigenvalue weighted by Crippen LogP contribution is 2.40. The molecule has 1 saturated heterocycles. The molecule has 1 heterocycles. The summed E-state index contributed by atoms with van der Waals surface area (Å²) in [5.74, 6) is 0.00642. The van der Waals surface area contributed by atoms with Crippen molar-refractivity contribution in [2.45, 2.75) is 72.1 Å². The van der Waals surface area contributed by atoms with Gasteiger partial charge in [-0.3, -0.25) is 9.59 Å². The summed E-state index contributed by atoms with van der Waals surface area (Å²) < 4.78 is 5.09. The maximum atomic E-state index is 12.7. The van der Waals surface area contributed by atoms with E-state index in [2.05, 4.69) is 41.5 Å². The van der Waals surface area contributed by atoms with Gasteiger partial charge in [0.05, 0.1) is 12.5 Å². The first-order valence-corrected chi connectivity index (χ1v) is 10.9. The third-order valence-electron chi connectivity index (χ3n) is 5.59. The van der Waals surface area contributed by atoms with Crippen molar-refractivity contribution >= 4 is 18.0 Å². The van der Waals surface area contributed by atoms with E-state index < -0.39 is 0 Å². The van der Waals surface area contributed by atoms with Gasteiger partial charge < -0.3 is 14.7 Å². The van der Waals surface area contributed by atoms with E-state index in [1.165, 1.54) is 0 Å². The van der Waals surface area contributed by atoms with Gasteiger partial charge in [0, 0.05) is 30.3 Å². The summed E-state index contributed by atoms with van der Waals surface area (Å²) in [7, 11) is 0. The van der Waals surface area contributed by atoms with E-state index in [9.17, 15) is 14.7 Å². The highest BCUT2D eigenvalue weighted by atomic mass is 16.5. The van der Waals surface area contributed by atoms with E-state index in [1.54, 1.807) is 17.9 Å². The molecule has 0 bridgehead atoms. The predicted octanol–water partition coefficient (Wildman–Crippen LogP) is 4.80. The van der Waals surface area contributed by atoms with Crippen molar-refractivity contribution in [1.82, 2.24) is 4.90 Å². The van der Waals surface area contributed by atoms with Crippen LogP contribution < -0.4 is 0 Å². The average Bonchev–Trinajstić information content (AvgIpc) is 2.65. The number of carbonyl (C=O) groups is 2. The number of phenols is 1. The standard InChI is InChI=1S/C25H37NO4/c1-8-30-23(29)18-11-13-26(14-12-18)21(27)10-9-17-15-19(24(2,3)4)22(28)20(16-17)25(5,6)7/h9-10,15-16,18,28H,8,11-14H2,1-7H3/b10-9+. The van der Waals surface area contributed by atoms with Crippen LogP contribution in [0.25, 0.3) is 6.08 Å². The zero-order valence-corrected chi connectivity index (χ0v) is 19.5. The number of rotatable bonds is 4. The Morgan fingerprint density at radius 2 is 1.57 bits per heavy atom. The van der Waals surface area contributed by atoms with Gasteiger partial charge in [0.2, 0.25) is 5.91 Å². The predicted molar refractivity (Wildman–Crippen MR) is 120 cm³/mol. The number of ether oxygens (including phenoxy) is 1. The van der Waals surface area contributed by atoms with Gasteiger partial charge >= 0.3 is 5.97 Å². The highest BCUT2D eigenvalue weighted by molar-refractivity contribution is 5.92. The van der Waals surface area contributed by atoms with E-state index in [0.29, 0.717) is 38.3 Å². The van der Waals surface area contributed by atoms with Crippen LogP contribution in [-0.4, -0.2) is 41.6 Å². The van der Waals surface area contributed by atoms with Gasteiger partial charge in [-0.1, -0.05) is 41.5 Å². The fourth-order valence-electron chi connectivity index (χ4n) is 3.77. The van der Waals surface area contributed by atoms with Crippen LogP contribution in [0.2, 0.25) is 0 Å². The minimum atomic E-state index is -0.215. The topological polar surface area (TPSA) is 66.8 Å². The second-order valence-electron chi connectivity index (χ2n) is 10.1. The first-order valence-electron chi connectivity index (χ1n) is 10.9. The molecule has 0 unspecified atom stereocenters. The molecule has 1 fully saturated rings. The Bertz CT molecular complexity index is 768. The maximum Gasteiger partial charge on any atom is 0.309 e. The largest absolute Gasteiger partial charge is 0.507 e. The molecule has 0 aliphatic carbocycles. The molecule has 1 aromatic rings. The first kappa shape index (κ1) is 24.0. The van der Waals surface area contributed by atoms with Crippen molar-refractivity contribution in [3.63, 3.8) is 0 Å². The lowest BCUT2D eigenvalue weighted by molar-refractivity contribution is -0.150. The summed E-state index contributed by atoms with van der Waals surface area (Å²) in [6, 6.07) is 3.92. The molecule has 0 saturated carbocycles. The fourth-order valence-corrected chi connectivity index (χ4v) is 3.77. The quantitative estimate of drug-likeness (QED) is 0.566. The number of hydrogen-bond donors (Lipinski definition) is 1. The normalized spacial score (nSPS) is 16.2. The van der Waals surface area contributed by atoms with Gasteiger partial charge in [0.15, 0.2) is 0 Å². The van der Waals surface area contributed by atoms with Crippen molar-refractivity contribution in [3.8, 4) is 5.75 Å². The molecule has 0 aromatic heterocycles. The number of nitrogens with zero attached hydrogens (tertiary/aromatic N) is 1. The molecule has 1 amide bonds. The van der Waals surface area contributed by atoms with E-state index in [0.717, 1.165) is 16.7 Å². The summed E-state index contributed by atoms with van der Waals surface area (Å²) in [5.41, 5.74) is 2.21. The van der Waals surface area contributed by atoms with Crippen molar-refractivity contribution in [2.24, 2.45) is 5.92 Å². The lowest BCUT2D eigenvalue weighted by Crippen LogP contribution is -2.39.